The van der Waals surface area contributed by atoms with Gasteiger partial charge < -0.3 is 19.9 Å². The summed E-state index contributed by atoms with van der Waals surface area (Å²) in [6.07, 6.45) is 0.920. The van der Waals surface area contributed by atoms with Gasteiger partial charge in [-0.1, -0.05) is 41.9 Å². The summed E-state index contributed by atoms with van der Waals surface area (Å²) < 4.78 is 5.96. The highest BCUT2D eigenvalue weighted by Crippen LogP contribution is 2.25. The van der Waals surface area contributed by atoms with Crippen LogP contribution in [-0.4, -0.2) is 56.0 Å². The molecule has 1 amide bonds. The lowest BCUT2D eigenvalue weighted by Crippen LogP contribution is -2.39. The highest BCUT2D eigenvalue weighted by molar-refractivity contribution is 6.31. The van der Waals surface area contributed by atoms with E-state index >= 15 is 0 Å². The van der Waals surface area contributed by atoms with Crippen molar-refractivity contribution in [2.75, 3.05) is 40.3 Å². The number of carbonyl (C=O) groups is 1. The first-order chi connectivity index (χ1) is 13.5. The summed E-state index contributed by atoms with van der Waals surface area (Å²) in [6.45, 7) is 3.69. The first-order valence-corrected chi connectivity index (χ1v) is 10.0. The fraction of sp³-hybridized carbons (Fsp3) is 0.409. The molecule has 0 saturated heterocycles. The van der Waals surface area contributed by atoms with Crippen molar-refractivity contribution in [3.05, 3.63) is 64.2 Å². The topological polar surface area (TPSA) is 44.8 Å². The Morgan fingerprint density at radius 3 is 2.75 bits per heavy atom. The second-order valence-corrected chi connectivity index (χ2v) is 7.73. The lowest BCUT2D eigenvalue weighted by molar-refractivity contribution is -0.134. The van der Waals surface area contributed by atoms with Crippen molar-refractivity contribution < 1.29 is 9.53 Å². The molecule has 2 aromatic carbocycles. The molecule has 0 saturated carbocycles. The van der Waals surface area contributed by atoms with Crippen molar-refractivity contribution in [3.8, 4) is 5.75 Å². The molecule has 3 rings (SSSR count). The van der Waals surface area contributed by atoms with Crippen molar-refractivity contribution in [3.63, 3.8) is 0 Å². The summed E-state index contributed by atoms with van der Waals surface area (Å²) in [7, 11) is 4.00. The number of benzene rings is 2. The van der Waals surface area contributed by atoms with Gasteiger partial charge in [0, 0.05) is 31.2 Å². The van der Waals surface area contributed by atoms with Crippen molar-refractivity contribution >= 4 is 17.5 Å². The van der Waals surface area contributed by atoms with E-state index in [2.05, 4.69) is 16.3 Å². The predicted molar refractivity (Wildman–Crippen MR) is 113 cm³/mol. The van der Waals surface area contributed by atoms with Crippen molar-refractivity contribution in [2.24, 2.45) is 0 Å². The molecule has 0 bridgehead atoms. The molecule has 1 heterocycles. The maximum absolute atomic E-state index is 12.9. The average molecular weight is 402 g/mol. The van der Waals surface area contributed by atoms with Gasteiger partial charge in [0.1, 0.15) is 5.75 Å². The molecular formula is C22H28ClN3O2. The third kappa shape index (κ3) is 5.47. The molecule has 0 aromatic heterocycles. The van der Waals surface area contributed by atoms with Crippen molar-refractivity contribution in [2.45, 2.75) is 19.5 Å². The van der Waals surface area contributed by atoms with E-state index in [4.69, 9.17) is 16.3 Å². The molecule has 1 aliphatic rings. The number of amides is 1. The Morgan fingerprint density at radius 1 is 1.14 bits per heavy atom. The van der Waals surface area contributed by atoms with Gasteiger partial charge in [-0.2, -0.15) is 0 Å². The molecule has 0 unspecified atom stereocenters. The minimum absolute atomic E-state index is 0.0295. The summed E-state index contributed by atoms with van der Waals surface area (Å²) in [5.74, 6) is 0.783. The first-order valence-electron chi connectivity index (χ1n) is 9.65. The lowest BCUT2D eigenvalue weighted by Gasteiger charge is -2.26. The fourth-order valence-electron chi connectivity index (χ4n) is 3.31. The molecule has 0 atom stereocenters. The van der Waals surface area contributed by atoms with Gasteiger partial charge in [-0.3, -0.25) is 4.79 Å². The number of carbonyl (C=O) groups excluding carboxylic acids is 1. The van der Waals surface area contributed by atoms with Gasteiger partial charge in [0.15, 0.2) is 6.61 Å². The number of nitrogens with zero attached hydrogens (tertiary/aromatic N) is 2. The summed E-state index contributed by atoms with van der Waals surface area (Å²) in [5.41, 5.74) is 3.40. The van der Waals surface area contributed by atoms with Crippen LogP contribution < -0.4 is 10.1 Å². The van der Waals surface area contributed by atoms with Crippen LogP contribution in [0.25, 0.3) is 0 Å². The number of likely N-dealkylation sites (N-methyl/N-ethyl adjacent to an activating group) is 1. The number of rotatable bonds is 8. The van der Waals surface area contributed by atoms with Crippen LogP contribution in [0.4, 0.5) is 0 Å². The Balaban J connectivity index is 1.68. The Morgan fingerprint density at radius 2 is 1.96 bits per heavy atom. The number of fused-ring (bicyclic) bond motifs is 1. The minimum Gasteiger partial charge on any atom is -0.483 e. The molecule has 6 heteroatoms. The van der Waals surface area contributed by atoms with E-state index in [1.54, 1.807) is 0 Å². The normalized spacial score (nSPS) is 13.3. The average Bonchev–Trinajstić information content (AvgIpc) is 2.70. The number of hydrogen-bond acceptors (Lipinski definition) is 4. The molecule has 2 aromatic rings. The second kappa shape index (κ2) is 9.92. The molecule has 1 N–H and O–H groups in total. The number of nitrogens with one attached hydrogen (secondary N) is 1. The van der Waals surface area contributed by atoms with E-state index in [0.29, 0.717) is 18.1 Å². The summed E-state index contributed by atoms with van der Waals surface area (Å²) in [4.78, 5) is 16.8. The Hall–Kier alpha value is -2.08. The third-order valence-corrected chi connectivity index (χ3v) is 5.31. The van der Waals surface area contributed by atoms with E-state index < -0.39 is 0 Å². The summed E-state index contributed by atoms with van der Waals surface area (Å²) in [6, 6.07) is 13.7. The maximum Gasteiger partial charge on any atom is 0.260 e. The molecule has 0 aliphatic carbocycles. The molecular weight excluding hydrogens is 374 g/mol. The zero-order chi connectivity index (χ0) is 19.9. The summed E-state index contributed by atoms with van der Waals surface area (Å²) >= 11 is 6.30. The van der Waals surface area contributed by atoms with Crippen LogP contribution in [0.1, 0.15) is 16.7 Å². The van der Waals surface area contributed by atoms with Crippen LogP contribution in [0.2, 0.25) is 5.02 Å². The molecule has 5 nitrogen and oxygen atoms in total. The van der Waals surface area contributed by atoms with Crippen LogP contribution >= 0.6 is 11.6 Å². The van der Waals surface area contributed by atoms with E-state index in [-0.39, 0.29) is 12.5 Å². The largest absolute Gasteiger partial charge is 0.483 e. The van der Waals surface area contributed by atoms with Gasteiger partial charge >= 0.3 is 0 Å². The van der Waals surface area contributed by atoms with Crippen molar-refractivity contribution in [1.82, 2.24) is 15.1 Å². The van der Waals surface area contributed by atoms with Crippen LogP contribution in [0.3, 0.4) is 0 Å². The monoisotopic (exact) mass is 401 g/mol. The van der Waals surface area contributed by atoms with Gasteiger partial charge in [0.05, 0.1) is 0 Å². The Kier molecular flexibility index (Phi) is 7.31. The molecule has 150 valence electrons. The smallest absolute Gasteiger partial charge is 0.260 e. The van der Waals surface area contributed by atoms with Crippen LogP contribution in [0, 0.1) is 0 Å². The van der Waals surface area contributed by atoms with E-state index in [1.165, 1.54) is 11.1 Å². The molecule has 0 fully saturated rings. The first kappa shape index (κ1) is 20.6. The standard InChI is InChI=1S/C22H28ClN3O2/c1-25(2)12-13-26(15-18-6-3-4-8-20(18)23)22(27)16-28-21-9-5-7-17-14-24-11-10-19(17)21/h3-9,24H,10-16H2,1-2H3. The van der Waals surface area contributed by atoms with Gasteiger partial charge in [0.2, 0.25) is 0 Å². The second-order valence-electron chi connectivity index (χ2n) is 7.32. The molecule has 1 aliphatic heterocycles. The molecule has 0 radical (unpaired) electrons. The quantitative estimate of drug-likeness (QED) is 0.738. The zero-order valence-electron chi connectivity index (χ0n) is 16.6. The fourth-order valence-corrected chi connectivity index (χ4v) is 3.50. The van der Waals surface area contributed by atoms with Gasteiger partial charge in [-0.15, -0.1) is 0 Å². The number of ether oxygens (including phenoxy) is 1. The maximum atomic E-state index is 12.9. The highest BCUT2D eigenvalue weighted by Gasteiger charge is 2.18. The highest BCUT2D eigenvalue weighted by atomic mass is 35.5. The Bertz CT molecular complexity index is 810. The van der Waals surface area contributed by atoms with Gasteiger partial charge in [0.25, 0.3) is 5.91 Å². The molecule has 28 heavy (non-hydrogen) atoms. The minimum atomic E-state index is -0.0340. The molecule has 0 spiro atoms. The lowest BCUT2D eigenvalue weighted by atomic mass is 10.0. The van der Waals surface area contributed by atoms with Gasteiger partial charge in [-0.25, -0.2) is 0 Å². The predicted octanol–water partition coefficient (Wildman–Crippen LogP) is 2.95. The van der Waals surface area contributed by atoms with Crippen molar-refractivity contribution in [1.29, 1.82) is 0 Å². The van der Waals surface area contributed by atoms with E-state index in [1.807, 2.05) is 55.4 Å². The van der Waals surface area contributed by atoms with Crippen LogP contribution in [0.5, 0.6) is 5.75 Å². The summed E-state index contributed by atoms with van der Waals surface area (Å²) in [5, 5.41) is 4.04. The van der Waals surface area contributed by atoms with E-state index in [9.17, 15) is 4.79 Å². The zero-order valence-corrected chi connectivity index (χ0v) is 17.3. The van der Waals surface area contributed by atoms with E-state index in [0.717, 1.165) is 37.4 Å². The third-order valence-electron chi connectivity index (χ3n) is 4.94. The Labute approximate surface area is 172 Å². The van der Waals surface area contributed by atoms with Crippen LogP contribution in [-0.2, 0) is 24.3 Å². The number of halogens is 1. The van der Waals surface area contributed by atoms with Gasteiger partial charge in [-0.05, 0) is 55.9 Å². The number of hydrogen-bond donors (Lipinski definition) is 1. The SMILES string of the molecule is CN(C)CCN(Cc1ccccc1Cl)C(=O)COc1cccc2c1CCNC2. The van der Waals surface area contributed by atoms with Crippen LogP contribution in [0.15, 0.2) is 42.5 Å².